The number of nitrogens with zero attached hydrogens (tertiary/aromatic N) is 3. The lowest BCUT2D eigenvalue weighted by molar-refractivity contribution is -0.119. The quantitative estimate of drug-likeness (QED) is 0.701. The maximum absolute atomic E-state index is 11.9. The van der Waals surface area contributed by atoms with Gasteiger partial charge in [0.05, 0.1) is 17.3 Å². The van der Waals surface area contributed by atoms with E-state index in [-0.39, 0.29) is 17.9 Å². The van der Waals surface area contributed by atoms with Crippen LogP contribution in [0.1, 0.15) is 41.5 Å². The molecule has 0 aromatic carbocycles. The number of carbonyl (C=O) groups excluding carboxylic acids is 2. The van der Waals surface area contributed by atoms with Crippen molar-refractivity contribution in [2.24, 2.45) is 11.7 Å². The molecule has 2 atom stereocenters. The van der Waals surface area contributed by atoms with Crippen LogP contribution in [0.4, 0.5) is 0 Å². The van der Waals surface area contributed by atoms with Gasteiger partial charge in [-0.3, -0.25) is 14.0 Å². The zero-order chi connectivity index (χ0) is 20.0. The number of ether oxygens (including phenoxy) is 1. The van der Waals surface area contributed by atoms with Gasteiger partial charge < -0.3 is 15.8 Å². The Kier molecular flexibility index (Phi) is 4.41. The summed E-state index contributed by atoms with van der Waals surface area (Å²) in [6, 6.07) is 3.57. The molecular formula is C20H23N5O3. The Bertz CT molecular complexity index is 1100. The SMILES string of the molecule is CCC1CC(=O)NC1COc1nc(C)cc2cc(C(N)=O)c3nc(C)cn3c12. The Balaban J connectivity index is 1.81. The molecule has 1 aliphatic heterocycles. The van der Waals surface area contributed by atoms with Gasteiger partial charge in [0.2, 0.25) is 11.8 Å². The first-order chi connectivity index (χ1) is 13.4. The van der Waals surface area contributed by atoms with Gasteiger partial charge in [-0.05, 0) is 31.9 Å². The average molecular weight is 381 g/mol. The van der Waals surface area contributed by atoms with Crippen LogP contribution >= 0.6 is 0 Å². The van der Waals surface area contributed by atoms with E-state index in [0.29, 0.717) is 30.1 Å². The van der Waals surface area contributed by atoms with E-state index in [4.69, 9.17) is 10.5 Å². The fraction of sp³-hybridized carbons (Fsp3) is 0.400. The molecule has 4 heterocycles. The summed E-state index contributed by atoms with van der Waals surface area (Å²) in [4.78, 5) is 32.7. The minimum absolute atomic E-state index is 0.0419. The largest absolute Gasteiger partial charge is 0.474 e. The number of primary amides is 1. The molecule has 8 nitrogen and oxygen atoms in total. The van der Waals surface area contributed by atoms with Gasteiger partial charge in [-0.1, -0.05) is 13.3 Å². The Hall–Kier alpha value is -3.16. The second-order valence-electron chi connectivity index (χ2n) is 7.36. The molecule has 0 radical (unpaired) electrons. The molecule has 4 rings (SSSR count). The number of carbonyl (C=O) groups is 2. The van der Waals surface area contributed by atoms with Crippen LogP contribution in [-0.4, -0.2) is 38.8 Å². The van der Waals surface area contributed by atoms with Gasteiger partial charge in [0.25, 0.3) is 5.91 Å². The van der Waals surface area contributed by atoms with Crippen molar-refractivity contribution in [3.63, 3.8) is 0 Å². The minimum Gasteiger partial charge on any atom is -0.474 e. The van der Waals surface area contributed by atoms with Crippen molar-refractivity contribution in [2.45, 2.75) is 39.7 Å². The number of imidazole rings is 1. The Morgan fingerprint density at radius 3 is 2.82 bits per heavy atom. The highest BCUT2D eigenvalue weighted by atomic mass is 16.5. The molecule has 1 saturated heterocycles. The zero-order valence-corrected chi connectivity index (χ0v) is 16.2. The predicted octanol–water partition coefficient (Wildman–Crippen LogP) is 1.89. The number of nitrogens with one attached hydrogen (secondary N) is 1. The molecule has 3 aromatic heterocycles. The van der Waals surface area contributed by atoms with Gasteiger partial charge in [-0.15, -0.1) is 0 Å². The second kappa shape index (κ2) is 6.78. The highest BCUT2D eigenvalue weighted by molar-refractivity contribution is 6.03. The second-order valence-corrected chi connectivity index (χ2v) is 7.36. The van der Waals surface area contributed by atoms with Gasteiger partial charge in [-0.2, -0.15) is 0 Å². The number of hydrogen-bond donors (Lipinski definition) is 2. The molecule has 1 aliphatic rings. The van der Waals surface area contributed by atoms with E-state index in [1.807, 2.05) is 26.1 Å². The molecule has 146 valence electrons. The summed E-state index contributed by atoms with van der Waals surface area (Å²) in [5.74, 6) is 0.222. The van der Waals surface area contributed by atoms with Crippen LogP contribution < -0.4 is 15.8 Å². The van der Waals surface area contributed by atoms with Gasteiger partial charge >= 0.3 is 0 Å². The van der Waals surface area contributed by atoms with E-state index in [1.54, 1.807) is 10.5 Å². The predicted molar refractivity (Wildman–Crippen MR) is 104 cm³/mol. The van der Waals surface area contributed by atoms with E-state index in [9.17, 15) is 9.59 Å². The van der Waals surface area contributed by atoms with E-state index in [1.165, 1.54) is 0 Å². The fourth-order valence-electron chi connectivity index (χ4n) is 3.91. The summed E-state index contributed by atoms with van der Waals surface area (Å²) < 4.78 is 7.89. The third kappa shape index (κ3) is 3.04. The molecule has 0 spiro atoms. The Morgan fingerprint density at radius 2 is 2.11 bits per heavy atom. The summed E-state index contributed by atoms with van der Waals surface area (Å²) >= 11 is 0. The number of hydrogen-bond acceptors (Lipinski definition) is 5. The first-order valence-corrected chi connectivity index (χ1v) is 9.39. The number of amides is 2. The van der Waals surface area contributed by atoms with Crippen LogP contribution in [0.5, 0.6) is 5.88 Å². The van der Waals surface area contributed by atoms with Crippen molar-refractivity contribution in [1.82, 2.24) is 19.7 Å². The van der Waals surface area contributed by atoms with Crippen molar-refractivity contribution in [3.8, 4) is 5.88 Å². The van der Waals surface area contributed by atoms with E-state index >= 15 is 0 Å². The number of pyridine rings is 2. The van der Waals surface area contributed by atoms with E-state index in [2.05, 4.69) is 22.2 Å². The molecule has 2 unspecified atom stereocenters. The Morgan fingerprint density at radius 1 is 1.32 bits per heavy atom. The van der Waals surface area contributed by atoms with Crippen molar-refractivity contribution in [3.05, 3.63) is 35.3 Å². The molecule has 0 bridgehead atoms. The summed E-state index contributed by atoms with van der Waals surface area (Å²) in [5.41, 5.74) is 8.64. The maximum Gasteiger partial charge on any atom is 0.252 e. The summed E-state index contributed by atoms with van der Waals surface area (Å²) in [5, 5.41) is 3.78. The number of nitrogens with two attached hydrogens (primary N) is 1. The molecule has 1 fully saturated rings. The van der Waals surface area contributed by atoms with Crippen LogP contribution in [0.15, 0.2) is 18.3 Å². The van der Waals surface area contributed by atoms with Gasteiger partial charge in [0, 0.05) is 23.7 Å². The van der Waals surface area contributed by atoms with Crippen LogP contribution in [0.3, 0.4) is 0 Å². The van der Waals surface area contributed by atoms with Gasteiger partial charge in [0.1, 0.15) is 12.1 Å². The molecule has 2 amide bonds. The molecule has 3 aromatic rings. The average Bonchev–Trinajstić information content (AvgIpc) is 3.19. The third-order valence-corrected chi connectivity index (χ3v) is 5.28. The maximum atomic E-state index is 11.9. The van der Waals surface area contributed by atoms with Crippen molar-refractivity contribution in [1.29, 1.82) is 0 Å². The standard InChI is InChI=1S/C20H23N5O3/c1-4-12-7-16(26)24-15(12)9-28-20-17-13(5-10(2)23-20)6-14(18(21)27)19-22-11(3)8-25(17)19/h5-6,8,12,15H,4,7,9H2,1-3H3,(H2,21,27)(H,24,26). The summed E-state index contributed by atoms with van der Waals surface area (Å²) in [6.45, 7) is 6.13. The first-order valence-electron chi connectivity index (χ1n) is 9.39. The van der Waals surface area contributed by atoms with E-state index < -0.39 is 5.91 Å². The van der Waals surface area contributed by atoms with Crippen LogP contribution in [0.25, 0.3) is 16.6 Å². The minimum atomic E-state index is -0.533. The third-order valence-electron chi connectivity index (χ3n) is 5.28. The normalized spacial score (nSPS) is 19.3. The van der Waals surface area contributed by atoms with Crippen LogP contribution in [0, 0.1) is 19.8 Å². The molecule has 28 heavy (non-hydrogen) atoms. The number of aromatic nitrogens is 3. The summed E-state index contributed by atoms with van der Waals surface area (Å²) in [7, 11) is 0. The smallest absolute Gasteiger partial charge is 0.252 e. The zero-order valence-electron chi connectivity index (χ0n) is 16.2. The van der Waals surface area contributed by atoms with Crippen LogP contribution in [0.2, 0.25) is 0 Å². The van der Waals surface area contributed by atoms with Gasteiger partial charge in [0.15, 0.2) is 5.65 Å². The lowest BCUT2D eigenvalue weighted by atomic mass is 9.98. The molecular weight excluding hydrogens is 358 g/mol. The number of fused-ring (bicyclic) bond motifs is 3. The van der Waals surface area contributed by atoms with Crippen LogP contribution in [-0.2, 0) is 4.79 Å². The molecule has 8 heteroatoms. The number of aryl methyl sites for hydroxylation is 2. The molecule has 0 saturated carbocycles. The topological polar surface area (TPSA) is 112 Å². The van der Waals surface area contributed by atoms with E-state index in [0.717, 1.165) is 28.7 Å². The van der Waals surface area contributed by atoms with Crippen molar-refractivity contribution >= 4 is 28.4 Å². The number of rotatable bonds is 5. The lowest BCUT2D eigenvalue weighted by Crippen LogP contribution is -2.34. The lowest BCUT2D eigenvalue weighted by Gasteiger charge is -2.19. The van der Waals surface area contributed by atoms with Gasteiger partial charge in [-0.25, -0.2) is 9.97 Å². The monoisotopic (exact) mass is 381 g/mol. The highest BCUT2D eigenvalue weighted by Crippen LogP contribution is 2.29. The summed E-state index contributed by atoms with van der Waals surface area (Å²) in [6.07, 6.45) is 3.27. The fourth-order valence-corrected chi connectivity index (χ4v) is 3.91. The first kappa shape index (κ1) is 18.2. The Labute approximate surface area is 162 Å². The molecule has 3 N–H and O–H groups in total. The van der Waals surface area contributed by atoms with Crippen molar-refractivity contribution < 1.29 is 14.3 Å². The van der Waals surface area contributed by atoms with Crippen molar-refractivity contribution in [2.75, 3.05) is 6.61 Å². The molecule has 0 aliphatic carbocycles. The highest BCUT2D eigenvalue weighted by Gasteiger charge is 2.31.